The van der Waals surface area contributed by atoms with Crippen LogP contribution in [0.3, 0.4) is 0 Å². The van der Waals surface area contributed by atoms with E-state index in [4.69, 9.17) is 10.5 Å². The molecule has 0 spiro atoms. The van der Waals surface area contributed by atoms with Gasteiger partial charge >= 0.3 is 0 Å². The molecule has 17 heavy (non-hydrogen) atoms. The fourth-order valence-electron chi connectivity index (χ4n) is 2.20. The average Bonchev–Trinajstić information content (AvgIpc) is 2.70. The summed E-state index contributed by atoms with van der Waals surface area (Å²) in [6.45, 7) is 0.303. The summed E-state index contributed by atoms with van der Waals surface area (Å²) in [5.74, 6) is -0.241. The molecule has 4 atom stereocenters. The fourth-order valence-corrected chi connectivity index (χ4v) is 2.20. The van der Waals surface area contributed by atoms with Crippen LogP contribution in [0.4, 0.5) is 5.82 Å². The molecule has 1 aromatic rings. The van der Waals surface area contributed by atoms with Gasteiger partial charge in [0.15, 0.2) is 11.9 Å². The molecule has 0 unspecified atom stereocenters. The van der Waals surface area contributed by atoms with Crippen LogP contribution in [0.5, 0.6) is 0 Å². The van der Waals surface area contributed by atoms with E-state index in [1.165, 1.54) is 6.33 Å². The molecule has 1 amide bonds. The van der Waals surface area contributed by atoms with Crippen molar-refractivity contribution in [3.05, 3.63) is 12.0 Å². The lowest BCUT2D eigenvalue weighted by Crippen LogP contribution is -2.39. The molecule has 1 aromatic heterocycles. The van der Waals surface area contributed by atoms with E-state index < -0.39 is 30.4 Å². The first-order valence-corrected chi connectivity index (χ1v) is 5.21. The summed E-state index contributed by atoms with van der Waals surface area (Å²) in [5.41, 5.74) is 5.29. The topological polar surface area (TPSA) is 123 Å². The summed E-state index contributed by atoms with van der Waals surface area (Å²) in [6.07, 6.45) is -1.83. The van der Waals surface area contributed by atoms with Crippen molar-refractivity contribution in [2.24, 2.45) is 5.73 Å². The molecule has 0 aromatic carbocycles. The molecule has 1 fully saturated rings. The van der Waals surface area contributed by atoms with Gasteiger partial charge in [-0.3, -0.25) is 4.79 Å². The summed E-state index contributed by atoms with van der Waals surface area (Å²) in [7, 11) is 0. The highest BCUT2D eigenvalue weighted by Crippen LogP contribution is 2.30. The van der Waals surface area contributed by atoms with Gasteiger partial charge in [-0.15, -0.1) is 0 Å². The van der Waals surface area contributed by atoms with E-state index >= 15 is 0 Å². The Morgan fingerprint density at radius 3 is 3.06 bits per heavy atom. The van der Waals surface area contributed by atoms with Crippen LogP contribution in [0.2, 0.25) is 0 Å². The molecule has 92 valence electrons. The van der Waals surface area contributed by atoms with Crippen LogP contribution >= 0.6 is 0 Å². The number of carbonyl (C=O) groups is 1. The SMILES string of the molecule is NC(=O)c1ncn2c1N[C@@H]1O[C@H](C2)[C@H](O)[C@H]1O. The number of aliphatic hydroxyl groups excluding tert-OH is 2. The number of nitrogens with zero attached hydrogens (tertiary/aromatic N) is 2. The summed E-state index contributed by atoms with van der Waals surface area (Å²) in [4.78, 5) is 15.0. The maximum Gasteiger partial charge on any atom is 0.271 e. The number of rotatable bonds is 1. The van der Waals surface area contributed by atoms with Gasteiger partial charge in [0, 0.05) is 0 Å². The number of imidazole rings is 1. The van der Waals surface area contributed by atoms with E-state index in [0.29, 0.717) is 12.4 Å². The van der Waals surface area contributed by atoms with Crippen molar-refractivity contribution in [3.8, 4) is 0 Å². The first-order valence-electron chi connectivity index (χ1n) is 5.21. The van der Waals surface area contributed by atoms with Crippen molar-refractivity contribution in [3.63, 3.8) is 0 Å². The molecule has 0 aliphatic carbocycles. The van der Waals surface area contributed by atoms with Crippen molar-refractivity contribution < 1.29 is 19.7 Å². The Kier molecular flexibility index (Phi) is 2.12. The molecule has 1 saturated heterocycles. The van der Waals surface area contributed by atoms with E-state index in [9.17, 15) is 15.0 Å². The zero-order chi connectivity index (χ0) is 12.2. The molecule has 5 N–H and O–H groups in total. The molecule has 2 aliphatic rings. The first-order chi connectivity index (χ1) is 8.08. The van der Waals surface area contributed by atoms with E-state index in [-0.39, 0.29) is 5.69 Å². The molecule has 3 heterocycles. The van der Waals surface area contributed by atoms with Crippen LogP contribution in [0.25, 0.3) is 0 Å². The highest BCUT2D eigenvalue weighted by atomic mass is 16.6. The fraction of sp³-hybridized carbons (Fsp3) is 0.556. The number of aliphatic hydroxyl groups is 2. The van der Waals surface area contributed by atoms with Gasteiger partial charge in [0.05, 0.1) is 12.9 Å². The molecule has 2 bridgehead atoms. The van der Waals surface area contributed by atoms with Crippen molar-refractivity contribution in [1.82, 2.24) is 9.55 Å². The Bertz CT molecular complexity index is 474. The van der Waals surface area contributed by atoms with Crippen molar-refractivity contribution in [2.45, 2.75) is 31.1 Å². The number of anilines is 1. The number of hydrogen-bond acceptors (Lipinski definition) is 6. The Labute approximate surface area is 96.0 Å². The van der Waals surface area contributed by atoms with Gasteiger partial charge in [-0.25, -0.2) is 4.98 Å². The molecule has 2 aliphatic heterocycles. The van der Waals surface area contributed by atoms with Crippen LogP contribution in [0.1, 0.15) is 10.5 Å². The second-order valence-corrected chi connectivity index (χ2v) is 4.18. The number of fused-ring (bicyclic) bond motifs is 3. The number of carbonyl (C=O) groups excluding carboxylic acids is 1. The highest BCUT2D eigenvalue weighted by molar-refractivity contribution is 5.95. The maximum absolute atomic E-state index is 11.2. The standard InChI is InChI=1S/C9H12N4O4/c10-7(16)4-8-12-9-6(15)5(14)3(17-9)1-13(8)2-11-4/h2-3,5-6,9,12,14-15H,1H2,(H2,10,16)/t3-,5+,6-,9-/m1/s1. The zero-order valence-corrected chi connectivity index (χ0v) is 8.78. The predicted molar refractivity (Wildman–Crippen MR) is 55.0 cm³/mol. The molecule has 3 rings (SSSR count). The molecule has 0 radical (unpaired) electrons. The zero-order valence-electron chi connectivity index (χ0n) is 8.78. The van der Waals surface area contributed by atoms with E-state index in [0.717, 1.165) is 0 Å². The number of nitrogens with one attached hydrogen (secondary N) is 1. The summed E-state index contributed by atoms with van der Waals surface area (Å²) in [5, 5.41) is 22.2. The van der Waals surface area contributed by atoms with E-state index in [1.54, 1.807) is 4.57 Å². The van der Waals surface area contributed by atoms with Gasteiger partial charge in [-0.1, -0.05) is 0 Å². The van der Waals surface area contributed by atoms with Gasteiger partial charge in [-0.2, -0.15) is 0 Å². The largest absolute Gasteiger partial charge is 0.387 e. The second kappa shape index (κ2) is 3.42. The number of ether oxygens (including phenoxy) is 1. The smallest absolute Gasteiger partial charge is 0.271 e. The van der Waals surface area contributed by atoms with Crippen LogP contribution in [0, 0.1) is 0 Å². The quantitative estimate of drug-likeness (QED) is 0.444. The predicted octanol–water partition coefficient (Wildman–Crippen LogP) is -2.15. The molecular weight excluding hydrogens is 228 g/mol. The van der Waals surface area contributed by atoms with Gasteiger partial charge in [-0.05, 0) is 0 Å². The normalized spacial score (nSPS) is 34.9. The van der Waals surface area contributed by atoms with Gasteiger partial charge in [0.2, 0.25) is 0 Å². The molecule has 8 heteroatoms. The number of nitrogens with two attached hydrogens (primary N) is 1. The molecular formula is C9H12N4O4. The van der Waals surface area contributed by atoms with Crippen LogP contribution in [-0.2, 0) is 11.3 Å². The van der Waals surface area contributed by atoms with Gasteiger partial charge in [0.25, 0.3) is 5.91 Å². The lowest BCUT2D eigenvalue weighted by Gasteiger charge is -2.20. The van der Waals surface area contributed by atoms with Crippen molar-refractivity contribution in [2.75, 3.05) is 5.32 Å². The minimum Gasteiger partial charge on any atom is -0.387 e. The third-order valence-corrected chi connectivity index (χ3v) is 3.09. The molecule has 0 saturated carbocycles. The van der Waals surface area contributed by atoms with Gasteiger partial charge in [0.1, 0.15) is 24.1 Å². The number of aromatic nitrogens is 2. The number of primary amides is 1. The minimum atomic E-state index is -1.04. The molecule has 8 nitrogen and oxygen atoms in total. The van der Waals surface area contributed by atoms with Crippen LogP contribution in [-0.4, -0.2) is 50.2 Å². The van der Waals surface area contributed by atoms with Crippen molar-refractivity contribution >= 4 is 11.7 Å². The first kappa shape index (κ1) is 10.5. The maximum atomic E-state index is 11.2. The Hall–Kier alpha value is -1.64. The average molecular weight is 240 g/mol. The highest BCUT2D eigenvalue weighted by Gasteiger charge is 2.45. The Morgan fingerprint density at radius 1 is 1.59 bits per heavy atom. The monoisotopic (exact) mass is 240 g/mol. The van der Waals surface area contributed by atoms with E-state index in [1.807, 2.05) is 0 Å². The summed E-state index contributed by atoms with van der Waals surface area (Å²) < 4.78 is 7.05. The number of hydrogen-bond donors (Lipinski definition) is 4. The van der Waals surface area contributed by atoms with E-state index in [2.05, 4.69) is 10.3 Å². The summed E-state index contributed by atoms with van der Waals surface area (Å²) in [6, 6.07) is 0. The van der Waals surface area contributed by atoms with Crippen molar-refractivity contribution in [1.29, 1.82) is 0 Å². The Morgan fingerprint density at radius 2 is 2.35 bits per heavy atom. The van der Waals surface area contributed by atoms with Crippen LogP contribution < -0.4 is 11.1 Å². The lowest BCUT2D eigenvalue weighted by atomic mass is 10.1. The lowest BCUT2D eigenvalue weighted by molar-refractivity contribution is 0.0127. The Balaban J connectivity index is 2.01. The summed E-state index contributed by atoms with van der Waals surface area (Å²) >= 11 is 0. The third-order valence-electron chi connectivity index (χ3n) is 3.09. The number of amides is 1. The second-order valence-electron chi connectivity index (χ2n) is 4.18. The van der Waals surface area contributed by atoms with Gasteiger partial charge < -0.3 is 30.6 Å². The third kappa shape index (κ3) is 1.42. The van der Waals surface area contributed by atoms with Crippen LogP contribution in [0.15, 0.2) is 6.33 Å². The minimum absolute atomic E-state index is 0.0999.